The van der Waals surface area contributed by atoms with E-state index in [4.69, 9.17) is 5.73 Å². The van der Waals surface area contributed by atoms with Crippen molar-refractivity contribution in [3.63, 3.8) is 0 Å². The van der Waals surface area contributed by atoms with Crippen LogP contribution in [0.1, 0.15) is 25.0 Å². The first-order valence-corrected chi connectivity index (χ1v) is 7.87. The Hall–Kier alpha value is -1.53. The highest BCUT2D eigenvalue weighted by molar-refractivity contribution is 5.54. The third kappa shape index (κ3) is 4.74. The molecule has 1 aromatic rings. The lowest BCUT2D eigenvalue weighted by Gasteiger charge is -2.32. The summed E-state index contributed by atoms with van der Waals surface area (Å²) in [7, 11) is 1.94. The van der Waals surface area contributed by atoms with Gasteiger partial charge in [-0.25, -0.2) is 4.39 Å². The van der Waals surface area contributed by atoms with Gasteiger partial charge in [0.15, 0.2) is 0 Å². The smallest absolute Gasteiger partial charge is 0.143 e. The Labute approximate surface area is 131 Å². The van der Waals surface area contributed by atoms with Crippen LogP contribution in [-0.2, 0) is 11.2 Å². The Morgan fingerprint density at radius 3 is 2.91 bits per heavy atom. The summed E-state index contributed by atoms with van der Waals surface area (Å²) in [5, 5.41) is 0. The van der Waals surface area contributed by atoms with Gasteiger partial charge in [-0.2, -0.15) is 0 Å². The summed E-state index contributed by atoms with van der Waals surface area (Å²) >= 11 is 0. The normalized spacial score (nSPS) is 16.7. The number of carbonyl (C=O) groups excluding carboxylic acids is 1. The van der Waals surface area contributed by atoms with Crippen molar-refractivity contribution in [3.05, 3.63) is 23.8 Å². The maximum absolute atomic E-state index is 13.5. The topological polar surface area (TPSA) is 62.5 Å². The lowest BCUT2D eigenvalue weighted by molar-refractivity contribution is -0.107. The van der Waals surface area contributed by atoms with E-state index in [-0.39, 0.29) is 5.82 Å². The zero-order valence-corrected chi connectivity index (χ0v) is 13.2. The predicted octanol–water partition coefficient (Wildman–Crippen LogP) is 1.21. The van der Waals surface area contributed by atoms with Crippen molar-refractivity contribution in [1.82, 2.24) is 9.88 Å². The Morgan fingerprint density at radius 2 is 2.23 bits per heavy atom. The average molecular weight is 308 g/mol. The third-order valence-corrected chi connectivity index (χ3v) is 4.21. The molecule has 5 nitrogen and oxygen atoms in total. The summed E-state index contributed by atoms with van der Waals surface area (Å²) in [4.78, 5) is 19.1. The minimum atomic E-state index is -0.347. The highest BCUT2D eigenvalue weighted by Crippen LogP contribution is 2.20. The van der Waals surface area contributed by atoms with Crippen LogP contribution in [0.15, 0.2) is 12.3 Å². The number of hydrogen-bond donors (Lipinski definition) is 1. The zero-order valence-electron chi connectivity index (χ0n) is 13.2. The van der Waals surface area contributed by atoms with E-state index in [0.717, 1.165) is 56.7 Å². The van der Waals surface area contributed by atoms with E-state index in [0.29, 0.717) is 18.9 Å². The maximum Gasteiger partial charge on any atom is 0.143 e. The molecular weight excluding hydrogens is 283 g/mol. The Bertz CT molecular complexity index is 489. The van der Waals surface area contributed by atoms with E-state index in [9.17, 15) is 9.18 Å². The molecular formula is C16H25FN4O. The summed E-state index contributed by atoms with van der Waals surface area (Å²) in [6.45, 7) is 3.77. The molecule has 6 heteroatoms. The van der Waals surface area contributed by atoms with Gasteiger partial charge in [-0.15, -0.1) is 0 Å². The van der Waals surface area contributed by atoms with Gasteiger partial charge in [0.1, 0.15) is 12.1 Å². The SMILES string of the molecule is CN(CCN1CCC(N)CC1)c1cc(F)cnc1CCC=O. The van der Waals surface area contributed by atoms with Gasteiger partial charge in [-0.05, 0) is 32.4 Å². The molecule has 0 unspecified atom stereocenters. The molecule has 0 aliphatic carbocycles. The number of aromatic nitrogens is 1. The van der Waals surface area contributed by atoms with Crippen molar-refractivity contribution in [2.45, 2.75) is 31.7 Å². The van der Waals surface area contributed by atoms with Crippen molar-refractivity contribution in [1.29, 1.82) is 0 Å². The monoisotopic (exact) mass is 308 g/mol. The number of pyridine rings is 1. The Balaban J connectivity index is 1.94. The lowest BCUT2D eigenvalue weighted by atomic mass is 10.1. The molecule has 1 saturated heterocycles. The fourth-order valence-electron chi connectivity index (χ4n) is 2.76. The number of rotatable bonds is 7. The summed E-state index contributed by atoms with van der Waals surface area (Å²) in [6, 6.07) is 1.83. The summed E-state index contributed by atoms with van der Waals surface area (Å²) in [6.07, 6.45) is 5.10. The first-order valence-electron chi connectivity index (χ1n) is 7.87. The maximum atomic E-state index is 13.5. The van der Waals surface area contributed by atoms with Crippen molar-refractivity contribution < 1.29 is 9.18 Å². The summed E-state index contributed by atoms with van der Waals surface area (Å²) in [5.41, 5.74) is 7.46. The van der Waals surface area contributed by atoms with Gasteiger partial charge in [-0.1, -0.05) is 0 Å². The van der Waals surface area contributed by atoms with Gasteiger partial charge in [0.05, 0.1) is 17.6 Å². The number of likely N-dealkylation sites (N-methyl/N-ethyl adjacent to an activating group) is 1. The second-order valence-corrected chi connectivity index (χ2v) is 5.93. The molecule has 1 aromatic heterocycles. The van der Waals surface area contributed by atoms with Gasteiger partial charge >= 0.3 is 0 Å². The van der Waals surface area contributed by atoms with Crippen LogP contribution in [0.5, 0.6) is 0 Å². The number of halogens is 1. The quantitative estimate of drug-likeness (QED) is 0.767. The Morgan fingerprint density at radius 1 is 1.50 bits per heavy atom. The minimum absolute atomic E-state index is 0.330. The standard InChI is InChI=1S/C16H25FN4O/c1-20(8-9-21-6-4-14(18)5-7-21)16-11-13(17)12-19-15(16)3-2-10-22/h10-12,14H,2-9,18H2,1H3. The number of aldehydes is 1. The van der Waals surface area contributed by atoms with Gasteiger partial charge in [-0.3, -0.25) is 4.98 Å². The molecule has 22 heavy (non-hydrogen) atoms. The fourth-order valence-corrected chi connectivity index (χ4v) is 2.76. The van der Waals surface area contributed by atoms with E-state index in [1.54, 1.807) is 0 Å². The number of likely N-dealkylation sites (tertiary alicyclic amines) is 1. The number of hydrogen-bond acceptors (Lipinski definition) is 5. The van der Waals surface area contributed by atoms with E-state index < -0.39 is 0 Å². The lowest BCUT2D eigenvalue weighted by Crippen LogP contribution is -2.42. The molecule has 0 aromatic carbocycles. The molecule has 0 amide bonds. The minimum Gasteiger partial charge on any atom is -0.372 e. The molecule has 0 radical (unpaired) electrons. The van der Waals surface area contributed by atoms with Crippen molar-refractivity contribution in [2.24, 2.45) is 5.73 Å². The van der Waals surface area contributed by atoms with Crippen LogP contribution in [0.3, 0.4) is 0 Å². The molecule has 0 spiro atoms. The molecule has 0 atom stereocenters. The molecule has 122 valence electrons. The zero-order chi connectivity index (χ0) is 15.9. The second-order valence-electron chi connectivity index (χ2n) is 5.93. The van der Waals surface area contributed by atoms with Crippen LogP contribution < -0.4 is 10.6 Å². The van der Waals surface area contributed by atoms with Crippen LogP contribution in [0.2, 0.25) is 0 Å². The largest absolute Gasteiger partial charge is 0.372 e. The van der Waals surface area contributed by atoms with E-state index in [2.05, 4.69) is 9.88 Å². The molecule has 2 N–H and O–H groups in total. The van der Waals surface area contributed by atoms with Crippen molar-refractivity contribution in [3.8, 4) is 0 Å². The fraction of sp³-hybridized carbons (Fsp3) is 0.625. The highest BCUT2D eigenvalue weighted by Gasteiger charge is 2.17. The second kappa shape index (κ2) is 8.19. The molecule has 1 aliphatic heterocycles. The molecule has 2 heterocycles. The van der Waals surface area contributed by atoms with E-state index in [1.807, 2.05) is 11.9 Å². The predicted molar refractivity (Wildman–Crippen MR) is 85.5 cm³/mol. The molecule has 0 saturated carbocycles. The molecule has 0 bridgehead atoms. The number of carbonyl (C=O) groups is 1. The van der Waals surface area contributed by atoms with Gasteiger partial charge in [0.25, 0.3) is 0 Å². The summed E-state index contributed by atoms with van der Waals surface area (Å²) < 4.78 is 13.5. The number of nitrogens with two attached hydrogens (primary N) is 1. The first kappa shape index (κ1) is 16.8. The van der Waals surface area contributed by atoms with E-state index in [1.165, 1.54) is 12.3 Å². The number of piperidine rings is 1. The number of aryl methyl sites for hydroxylation is 1. The van der Waals surface area contributed by atoms with Crippen molar-refractivity contribution >= 4 is 12.0 Å². The number of anilines is 1. The molecule has 1 fully saturated rings. The Kier molecular flexibility index (Phi) is 6.27. The van der Waals surface area contributed by atoms with Crippen LogP contribution in [0, 0.1) is 5.82 Å². The van der Waals surface area contributed by atoms with Crippen LogP contribution in [0.4, 0.5) is 10.1 Å². The van der Waals surface area contributed by atoms with E-state index >= 15 is 0 Å². The number of nitrogens with zero attached hydrogens (tertiary/aromatic N) is 3. The van der Waals surface area contributed by atoms with Gasteiger partial charge in [0, 0.05) is 38.7 Å². The molecule has 2 rings (SSSR count). The molecule has 1 aliphatic rings. The average Bonchev–Trinajstić information content (AvgIpc) is 2.53. The first-order chi connectivity index (χ1) is 10.6. The summed E-state index contributed by atoms with van der Waals surface area (Å²) in [5.74, 6) is -0.347. The van der Waals surface area contributed by atoms with Crippen LogP contribution in [-0.4, -0.2) is 55.4 Å². The van der Waals surface area contributed by atoms with Gasteiger partial charge in [0.2, 0.25) is 0 Å². The van der Waals surface area contributed by atoms with Crippen molar-refractivity contribution in [2.75, 3.05) is 38.1 Å². The van der Waals surface area contributed by atoms with Crippen LogP contribution >= 0.6 is 0 Å². The third-order valence-electron chi connectivity index (χ3n) is 4.21. The highest BCUT2D eigenvalue weighted by atomic mass is 19.1. The van der Waals surface area contributed by atoms with Crippen LogP contribution in [0.25, 0.3) is 0 Å². The van der Waals surface area contributed by atoms with Gasteiger partial charge < -0.3 is 20.3 Å².